The second kappa shape index (κ2) is 8.95. The number of halogens is 1. The first kappa shape index (κ1) is 18.6. The van der Waals surface area contributed by atoms with Crippen molar-refractivity contribution in [1.29, 1.82) is 0 Å². The van der Waals surface area contributed by atoms with Gasteiger partial charge in [0.25, 0.3) is 0 Å². The van der Waals surface area contributed by atoms with Gasteiger partial charge >= 0.3 is 0 Å². The molecule has 136 valence electrons. The fourth-order valence-corrected chi connectivity index (χ4v) is 4.72. The summed E-state index contributed by atoms with van der Waals surface area (Å²) in [6.45, 7) is 1.80. The predicted molar refractivity (Wildman–Crippen MR) is 104 cm³/mol. The lowest BCUT2D eigenvalue weighted by atomic mass is 9.75. The van der Waals surface area contributed by atoms with Crippen LogP contribution in [0.1, 0.15) is 32.1 Å². The third-order valence-electron chi connectivity index (χ3n) is 5.23. The van der Waals surface area contributed by atoms with Crippen LogP contribution in [0.2, 0.25) is 5.02 Å². The number of piperidine rings is 1. The molecule has 1 aromatic carbocycles. The lowest BCUT2D eigenvalue weighted by molar-refractivity contribution is -0.131. The number of anilines is 1. The number of carbonyl (C=O) groups is 2. The molecule has 4 nitrogen and oxygen atoms in total. The van der Waals surface area contributed by atoms with E-state index in [-0.39, 0.29) is 17.6 Å². The predicted octanol–water partition coefficient (Wildman–Crippen LogP) is 4.05. The fourth-order valence-electron chi connectivity index (χ4n) is 3.88. The van der Waals surface area contributed by atoms with Crippen molar-refractivity contribution in [2.24, 2.45) is 11.8 Å². The zero-order valence-corrected chi connectivity index (χ0v) is 16.0. The van der Waals surface area contributed by atoms with Crippen LogP contribution < -0.4 is 5.32 Å². The van der Waals surface area contributed by atoms with E-state index in [1.54, 1.807) is 24.3 Å². The lowest BCUT2D eigenvalue weighted by Crippen LogP contribution is -2.45. The Hall–Kier alpha value is -1.20. The topological polar surface area (TPSA) is 49.4 Å². The molecule has 25 heavy (non-hydrogen) atoms. The van der Waals surface area contributed by atoms with Gasteiger partial charge in [-0.05, 0) is 48.9 Å². The quantitative estimate of drug-likeness (QED) is 0.838. The van der Waals surface area contributed by atoms with Gasteiger partial charge in [-0.1, -0.05) is 30.9 Å². The van der Waals surface area contributed by atoms with E-state index >= 15 is 0 Å². The Morgan fingerprint density at radius 3 is 2.56 bits per heavy atom. The van der Waals surface area contributed by atoms with E-state index in [0.29, 0.717) is 16.7 Å². The zero-order chi connectivity index (χ0) is 17.6. The first-order valence-electron chi connectivity index (χ1n) is 9.03. The third kappa shape index (κ3) is 5.38. The van der Waals surface area contributed by atoms with Gasteiger partial charge in [0.1, 0.15) is 0 Å². The fraction of sp³-hybridized carbons (Fsp3) is 0.579. The van der Waals surface area contributed by atoms with E-state index in [1.807, 2.05) is 4.90 Å². The molecule has 1 aliphatic heterocycles. The number of carbonyl (C=O) groups excluding carboxylic acids is 2. The van der Waals surface area contributed by atoms with Gasteiger partial charge in [-0.25, -0.2) is 0 Å². The van der Waals surface area contributed by atoms with Crippen LogP contribution in [-0.2, 0) is 9.59 Å². The lowest BCUT2D eigenvalue weighted by Gasteiger charge is -2.41. The summed E-state index contributed by atoms with van der Waals surface area (Å²) in [4.78, 5) is 26.4. The summed E-state index contributed by atoms with van der Waals surface area (Å²) in [5, 5.41) is 3.45. The van der Waals surface area contributed by atoms with Crippen molar-refractivity contribution in [2.75, 3.05) is 29.9 Å². The van der Waals surface area contributed by atoms with E-state index in [4.69, 9.17) is 11.6 Å². The molecule has 2 atom stereocenters. The monoisotopic (exact) mass is 380 g/mol. The summed E-state index contributed by atoms with van der Waals surface area (Å²) in [7, 11) is 0. The number of amides is 2. The Balaban J connectivity index is 1.37. The molecule has 2 fully saturated rings. The normalized spacial score (nSPS) is 23.0. The van der Waals surface area contributed by atoms with Crippen LogP contribution in [0.25, 0.3) is 0 Å². The van der Waals surface area contributed by atoms with Gasteiger partial charge in [0.15, 0.2) is 0 Å². The largest absolute Gasteiger partial charge is 0.342 e. The minimum absolute atomic E-state index is 0.0916. The molecule has 0 bridgehead atoms. The molecule has 1 saturated carbocycles. The van der Waals surface area contributed by atoms with Gasteiger partial charge < -0.3 is 10.2 Å². The zero-order valence-electron chi connectivity index (χ0n) is 14.4. The van der Waals surface area contributed by atoms with Crippen LogP contribution in [0.4, 0.5) is 5.69 Å². The standard InChI is InChI=1S/C19H25ClN2O2S/c20-16-5-7-17(8-6-16)21-18(23)12-25-13-19(24)22-10-9-14-3-1-2-4-15(14)11-22/h5-8,14-15H,1-4,9-13H2,(H,21,23)/t14-,15-/m1/s1. The molecule has 1 N–H and O–H groups in total. The summed E-state index contributed by atoms with van der Waals surface area (Å²) >= 11 is 7.21. The Labute approximate surface area is 158 Å². The van der Waals surface area contributed by atoms with Crippen molar-refractivity contribution in [3.63, 3.8) is 0 Å². The number of hydrogen-bond acceptors (Lipinski definition) is 3. The van der Waals surface area contributed by atoms with Crippen LogP contribution in [0.3, 0.4) is 0 Å². The third-order valence-corrected chi connectivity index (χ3v) is 6.40. The number of hydrogen-bond donors (Lipinski definition) is 1. The highest BCUT2D eigenvalue weighted by Crippen LogP contribution is 2.36. The molecular formula is C19H25ClN2O2S. The van der Waals surface area contributed by atoms with Crippen molar-refractivity contribution >= 4 is 40.9 Å². The van der Waals surface area contributed by atoms with Gasteiger partial charge in [0.05, 0.1) is 11.5 Å². The smallest absolute Gasteiger partial charge is 0.234 e. The number of nitrogens with zero attached hydrogens (tertiary/aromatic N) is 1. The van der Waals surface area contributed by atoms with Gasteiger partial charge in [0, 0.05) is 23.8 Å². The second-order valence-electron chi connectivity index (χ2n) is 6.98. The molecule has 2 aliphatic rings. The van der Waals surface area contributed by atoms with E-state index < -0.39 is 0 Å². The van der Waals surface area contributed by atoms with Crippen molar-refractivity contribution in [2.45, 2.75) is 32.1 Å². The van der Waals surface area contributed by atoms with Crippen molar-refractivity contribution < 1.29 is 9.59 Å². The van der Waals surface area contributed by atoms with E-state index in [0.717, 1.165) is 31.1 Å². The number of nitrogens with one attached hydrogen (secondary N) is 1. The van der Waals surface area contributed by atoms with Gasteiger partial charge in [-0.3, -0.25) is 9.59 Å². The molecule has 3 rings (SSSR count). The van der Waals surface area contributed by atoms with Crippen LogP contribution in [0.15, 0.2) is 24.3 Å². The second-order valence-corrected chi connectivity index (χ2v) is 8.40. The average Bonchev–Trinajstić information content (AvgIpc) is 2.63. The highest BCUT2D eigenvalue weighted by Gasteiger charge is 2.32. The molecule has 1 aromatic rings. The SMILES string of the molecule is O=C(CSCC(=O)N1CC[C@H]2CCCC[C@@H]2C1)Nc1ccc(Cl)cc1. The van der Waals surface area contributed by atoms with E-state index in [1.165, 1.54) is 37.4 Å². The maximum absolute atomic E-state index is 12.4. The van der Waals surface area contributed by atoms with Crippen LogP contribution in [-0.4, -0.2) is 41.3 Å². The highest BCUT2D eigenvalue weighted by atomic mass is 35.5. The molecule has 0 unspecified atom stereocenters. The molecule has 6 heteroatoms. The number of fused-ring (bicyclic) bond motifs is 1. The molecule has 0 spiro atoms. The molecule has 1 aliphatic carbocycles. The minimum Gasteiger partial charge on any atom is -0.342 e. The summed E-state index contributed by atoms with van der Waals surface area (Å²) in [5.41, 5.74) is 0.723. The molecule has 1 saturated heterocycles. The van der Waals surface area contributed by atoms with E-state index in [2.05, 4.69) is 5.32 Å². The van der Waals surface area contributed by atoms with Crippen LogP contribution in [0.5, 0.6) is 0 Å². The van der Waals surface area contributed by atoms with Gasteiger partial charge in [0.2, 0.25) is 11.8 Å². The van der Waals surface area contributed by atoms with E-state index in [9.17, 15) is 9.59 Å². The summed E-state index contributed by atoms with van der Waals surface area (Å²) < 4.78 is 0. The molecular weight excluding hydrogens is 356 g/mol. The Kier molecular flexibility index (Phi) is 6.65. The molecule has 2 amide bonds. The summed E-state index contributed by atoms with van der Waals surface area (Å²) in [5.74, 6) is 2.28. The number of thioether (sulfide) groups is 1. The van der Waals surface area contributed by atoms with Crippen LogP contribution in [0, 0.1) is 11.8 Å². The first-order valence-corrected chi connectivity index (χ1v) is 10.6. The number of benzene rings is 1. The van der Waals surface area contributed by atoms with Crippen molar-refractivity contribution in [3.8, 4) is 0 Å². The summed E-state index contributed by atoms with van der Waals surface area (Å²) in [6.07, 6.45) is 6.42. The minimum atomic E-state index is -0.0916. The molecule has 0 radical (unpaired) electrons. The molecule has 0 aromatic heterocycles. The Morgan fingerprint density at radius 1 is 1.08 bits per heavy atom. The number of rotatable bonds is 5. The van der Waals surface area contributed by atoms with Gasteiger partial charge in [-0.2, -0.15) is 0 Å². The first-order chi connectivity index (χ1) is 12.1. The van der Waals surface area contributed by atoms with Gasteiger partial charge in [-0.15, -0.1) is 11.8 Å². The average molecular weight is 381 g/mol. The Bertz CT molecular complexity index is 608. The molecule has 1 heterocycles. The van der Waals surface area contributed by atoms with Crippen LogP contribution >= 0.6 is 23.4 Å². The number of likely N-dealkylation sites (tertiary alicyclic amines) is 1. The summed E-state index contributed by atoms with van der Waals surface area (Å²) in [6, 6.07) is 7.01. The highest BCUT2D eigenvalue weighted by molar-refractivity contribution is 8.00. The van der Waals surface area contributed by atoms with Crippen molar-refractivity contribution in [3.05, 3.63) is 29.3 Å². The maximum atomic E-state index is 12.4. The van der Waals surface area contributed by atoms with Crippen molar-refractivity contribution in [1.82, 2.24) is 4.90 Å². The maximum Gasteiger partial charge on any atom is 0.234 e. The Morgan fingerprint density at radius 2 is 1.80 bits per heavy atom.